The summed E-state index contributed by atoms with van der Waals surface area (Å²) in [5.41, 5.74) is 2.09. The van der Waals surface area contributed by atoms with E-state index in [2.05, 4.69) is 19.1 Å². The minimum atomic E-state index is -0.345. The lowest BCUT2D eigenvalue weighted by atomic mass is 9.63. The zero-order valence-electron chi connectivity index (χ0n) is 18.7. The van der Waals surface area contributed by atoms with Crippen LogP contribution in [0.2, 0.25) is 10.0 Å². The summed E-state index contributed by atoms with van der Waals surface area (Å²) in [4.78, 5) is 43.5. The monoisotopic (exact) mass is 494 g/mol. The van der Waals surface area contributed by atoms with Crippen molar-refractivity contribution in [1.82, 2.24) is 4.90 Å². The Morgan fingerprint density at radius 2 is 1.56 bits per heavy atom. The van der Waals surface area contributed by atoms with Crippen LogP contribution in [0.1, 0.15) is 29.3 Å². The van der Waals surface area contributed by atoms with Gasteiger partial charge in [0, 0.05) is 11.3 Å². The quantitative estimate of drug-likeness (QED) is 0.423. The van der Waals surface area contributed by atoms with Gasteiger partial charge in [0.15, 0.2) is 0 Å². The molecular weight excluding hydrogens is 471 g/mol. The summed E-state index contributed by atoms with van der Waals surface area (Å²) in [7, 11) is 0. The van der Waals surface area contributed by atoms with E-state index in [0.29, 0.717) is 28.1 Å². The van der Waals surface area contributed by atoms with Gasteiger partial charge in [-0.05, 0) is 72.4 Å². The molecule has 7 rings (SSSR count). The third-order valence-electron chi connectivity index (χ3n) is 8.10. The minimum Gasteiger partial charge on any atom is -0.290 e. The molecule has 7 heteroatoms. The number of imide groups is 1. The topological polar surface area (TPSA) is 57.7 Å². The Balaban J connectivity index is 1.34. The number of benzene rings is 2. The predicted molar refractivity (Wildman–Crippen MR) is 131 cm³/mol. The smallest absolute Gasteiger partial charge is 0.259 e. The van der Waals surface area contributed by atoms with Gasteiger partial charge in [0.25, 0.3) is 5.91 Å². The number of amides is 3. The summed E-state index contributed by atoms with van der Waals surface area (Å²) >= 11 is 12.2. The molecule has 2 saturated carbocycles. The summed E-state index contributed by atoms with van der Waals surface area (Å²) in [6.07, 6.45) is 6.28. The van der Waals surface area contributed by atoms with Crippen LogP contribution in [0.5, 0.6) is 0 Å². The molecule has 34 heavy (non-hydrogen) atoms. The molecule has 1 saturated heterocycles. The van der Waals surface area contributed by atoms with Crippen LogP contribution in [0, 0.1) is 35.5 Å². The fourth-order valence-electron chi connectivity index (χ4n) is 6.26. The van der Waals surface area contributed by atoms with Crippen LogP contribution in [0.3, 0.4) is 0 Å². The van der Waals surface area contributed by atoms with E-state index in [4.69, 9.17) is 23.2 Å². The van der Waals surface area contributed by atoms with Crippen LogP contribution in [0.4, 0.5) is 5.69 Å². The van der Waals surface area contributed by atoms with E-state index in [1.807, 2.05) is 24.3 Å². The van der Waals surface area contributed by atoms with Gasteiger partial charge in [0.2, 0.25) is 11.8 Å². The molecule has 4 aliphatic carbocycles. The molecule has 2 aromatic rings. The highest BCUT2D eigenvalue weighted by molar-refractivity contribution is 6.42. The summed E-state index contributed by atoms with van der Waals surface area (Å²) in [6, 6.07) is 12.3. The Labute approximate surface area is 208 Å². The molecule has 6 atom stereocenters. The second kappa shape index (κ2) is 7.96. The number of likely N-dealkylation sites (tertiary alicyclic amines) is 1. The number of allylic oxidation sites excluding steroid dienone is 2. The second-order valence-electron chi connectivity index (χ2n) is 9.78. The van der Waals surface area contributed by atoms with Crippen molar-refractivity contribution in [2.75, 3.05) is 11.6 Å². The standard InChI is InChI=1S/C27H24Cl2N2O3/c1-2-14-3-6-16(7-4-14)30(25(32)15-5-10-21(28)22(29)11-15)13-31-26(33)23-17-8-9-18(20-12-19(17)20)24(23)27(31)34/h3-11,17-20,23-24H,2,12-13H2,1H3/t17-,18+,19-,20-,23+,24-/m1/s1. The molecule has 5 aliphatic rings. The zero-order chi connectivity index (χ0) is 23.7. The first-order chi connectivity index (χ1) is 16.4. The van der Waals surface area contributed by atoms with Crippen molar-refractivity contribution in [2.24, 2.45) is 35.5 Å². The lowest BCUT2D eigenvalue weighted by Crippen LogP contribution is -2.45. The molecule has 1 aliphatic heterocycles. The van der Waals surface area contributed by atoms with Crippen LogP contribution >= 0.6 is 23.2 Å². The number of halogens is 2. The average molecular weight is 495 g/mol. The van der Waals surface area contributed by atoms with Gasteiger partial charge < -0.3 is 0 Å². The van der Waals surface area contributed by atoms with Crippen molar-refractivity contribution >= 4 is 46.6 Å². The summed E-state index contributed by atoms with van der Waals surface area (Å²) in [5.74, 6) is 0.100. The molecule has 2 bridgehead atoms. The fraction of sp³-hybridized carbons (Fsp3) is 0.370. The first-order valence-electron chi connectivity index (χ1n) is 11.8. The highest BCUT2D eigenvalue weighted by atomic mass is 35.5. The predicted octanol–water partition coefficient (Wildman–Crippen LogP) is 5.21. The molecule has 1 heterocycles. The van der Waals surface area contributed by atoms with E-state index < -0.39 is 0 Å². The summed E-state index contributed by atoms with van der Waals surface area (Å²) < 4.78 is 0. The molecule has 0 aromatic heterocycles. The van der Waals surface area contributed by atoms with E-state index in [-0.39, 0.29) is 53.1 Å². The number of carbonyl (C=O) groups excluding carboxylic acids is 3. The normalized spacial score (nSPS) is 30.4. The van der Waals surface area contributed by atoms with Gasteiger partial charge in [-0.25, -0.2) is 0 Å². The zero-order valence-corrected chi connectivity index (χ0v) is 20.2. The van der Waals surface area contributed by atoms with Crippen molar-refractivity contribution in [3.05, 3.63) is 75.8 Å². The Hall–Kier alpha value is -2.63. The highest BCUT2D eigenvalue weighted by Gasteiger charge is 2.67. The minimum absolute atomic E-state index is 0.121. The molecule has 0 radical (unpaired) electrons. The van der Waals surface area contributed by atoms with E-state index in [1.165, 1.54) is 15.9 Å². The number of aryl methyl sites for hydroxylation is 1. The van der Waals surface area contributed by atoms with E-state index in [9.17, 15) is 14.4 Å². The highest BCUT2D eigenvalue weighted by Crippen LogP contribution is 2.65. The molecule has 0 N–H and O–H groups in total. The Kier molecular flexibility index (Phi) is 5.12. The van der Waals surface area contributed by atoms with E-state index in [1.54, 1.807) is 12.1 Å². The number of anilines is 1. The van der Waals surface area contributed by atoms with Gasteiger partial charge in [0.1, 0.15) is 6.67 Å². The molecule has 2 aromatic carbocycles. The molecule has 0 spiro atoms. The number of hydrogen-bond donors (Lipinski definition) is 0. The first kappa shape index (κ1) is 21.9. The van der Waals surface area contributed by atoms with Crippen LogP contribution in [0.25, 0.3) is 0 Å². The molecule has 174 valence electrons. The molecule has 5 nitrogen and oxygen atoms in total. The molecule has 3 amide bonds. The van der Waals surface area contributed by atoms with Crippen molar-refractivity contribution in [3.63, 3.8) is 0 Å². The Bertz CT molecular complexity index is 1200. The SMILES string of the molecule is CCc1ccc(N(CN2C(=O)[C@@H]3[C@H]4C=C[C@H]([C@H]5C[C@H]45)[C@@H]3C2=O)C(=O)c2ccc(Cl)c(Cl)c2)cc1. The first-order valence-corrected chi connectivity index (χ1v) is 12.5. The van der Waals surface area contributed by atoms with Gasteiger partial charge in [-0.3, -0.25) is 24.2 Å². The fourth-order valence-corrected chi connectivity index (χ4v) is 6.56. The van der Waals surface area contributed by atoms with E-state index in [0.717, 1.165) is 18.4 Å². The van der Waals surface area contributed by atoms with Gasteiger partial charge in [-0.15, -0.1) is 0 Å². The van der Waals surface area contributed by atoms with Crippen LogP contribution in [0.15, 0.2) is 54.6 Å². The van der Waals surface area contributed by atoms with Crippen molar-refractivity contribution in [3.8, 4) is 0 Å². The largest absolute Gasteiger partial charge is 0.290 e. The number of nitrogens with zero attached hydrogens (tertiary/aromatic N) is 2. The summed E-state index contributed by atoms with van der Waals surface area (Å²) in [5, 5.41) is 0.627. The van der Waals surface area contributed by atoms with E-state index >= 15 is 0 Å². The Morgan fingerprint density at radius 3 is 2.12 bits per heavy atom. The second-order valence-corrected chi connectivity index (χ2v) is 10.6. The van der Waals surface area contributed by atoms with Gasteiger partial charge in [-0.2, -0.15) is 0 Å². The number of rotatable bonds is 5. The third kappa shape index (κ3) is 3.24. The third-order valence-corrected chi connectivity index (χ3v) is 8.84. The lowest BCUT2D eigenvalue weighted by Gasteiger charge is -2.37. The van der Waals surface area contributed by atoms with Crippen molar-refractivity contribution < 1.29 is 14.4 Å². The maximum atomic E-state index is 13.6. The van der Waals surface area contributed by atoms with Gasteiger partial charge >= 0.3 is 0 Å². The summed E-state index contributed by atoms with van der Waals surface area (Å²) in [6.45, 7) is 1.94. The van der Waals surface area contributed by atoms with Crippen LogP contribution < -0.4 is 4.90 Å². The van der Waals surface area contributed by atoms with Crippen LogP contribution in [-0.4, -0.2) is 29.3 Å². The molecular formula is C27H24Cl2N2O3. The van der Waals surface area contributed by atoms with Crippen LogP contribution in [-0.2, 0) is 16.0 Å². The van der Waals surface area contributed by atoms with Gasteiger partial charge in [-0.1, -0.05) is 54.4 Å². The van der Waals surface area contributed by atoms with Crippen molar-refractivity contribution in [2.45, 2.75) is 19.8 Å². The Morgan fingerprint density at radius 1 is 0.941 bits per heavy atom. The molecule has 3 fully saturated rings. The number of hydrogen-bond acceptors (Lipinski definition) is 3. The lowest BCUT2D eigenvalue weighted by molar-refractivity contribution is -0.140. The average Bonchev–Trinajstić information content (AvgIpc) is 3.64. The van der Waals surface area contributed by atoms with Gasteiger partial charge in [0.05, 0.1) is 21.9 Å². The van der Waals surface area contributed by atoms with Crippen molar-refractivity contribution in [1.29, 1.82) is 0 Å². The maximum absolute atomic E-state index is 13.6. The maximum Gasteiger partial charge on any atom is 0.259 e. The number of carbonyl (C=O) groups is 3. The molecule has 0 unspecified atom stereocenters.